The largest absolute Gasteiger partial charge is 0.383 e. The third kappa shape index (κ3) is 6.16. The lowest BCUT2D eigenvalue weighted by Crippen LogP contribution is -2.38. The Kier molecular flexibility index (Phi) is 9.67. The number of methoxy groups -OCH3 is 1. The Hall–Kier alpha value is -1.40. The molecule has 0 bridgehead atoms. The Bertz CT molecular complexity index is 488. The molecule has 0 aliphatic carbocycles. The van der Waals surface area contributed by atoms with E-state index in [2.05, 4.69) is 15.6 Å². The number of ether oxygens (including phenoxy) is 1. The second-order valence-electron chi connectivity index (χ2n) is 3.76. The first-order chi connectivity index (χ1) is 9.21. The molecule has 0 saturated carbocycles. The van der Waals surface area contributed by atoms with Gasteiger partial charge in [0.1, 0.15) is 5.82 Å². The minimum atomic E-state index is -0.348. The van der Waals surface area contributed by atoms with E-state index in [1.807, 2.05) is 6.07 Å². The maximum atomic E-state index is 13.5. The van der Waals surface area contributed by atoms with Crippen LogP contribution in [0.4, 0.5) is 4.39 Å². The fraction of sp³-hybridized carbons (Fsp3) is 0.385. The van der Waals surface area contributed by atoms with Crippen LogP contribution in [-0.2, 0) is 11.3 Å². The summed E-state index contributed by atoms with van der Waals surface area (Å²) in [6.07, 6.45) is 0. The molecule has 110 valence electrons. The van der Waals surface area contributed by atoms with Gasteiger partial charge in [0.2, 0.25) is 0 Å². The quantitative estimate of drug-likeness (QED) is 0.346. The van der Waals surface area contributed by atoms with Crippen molar-refractivity contribution in [2.24, 2.45) is 4.99 Å². The van der Waals surface area contributed by atoms with Crippen molar-refractivity contribution < 1.29 is 9.13 Å². The zero-order chi connectivity index (χ0) is 14.1. The molecule has 1 aromatic rings. The summed E-state index contributed by atoms with van der Waals surface area (Å²) in [4.78, 5) is 4.00. The van der Waals surface area contributed by atoms with Crippen molar-refractivity contribution in [3.8, 4) is 6.07 Å². The maximum Gasteiger partial charge on any atom is 0.191 e. The van der Waals surface area contributed by atoms with Crippen molar-refractivity contribution in [2.45, 2.75) is 6.54 Å². The lowest BCUT2D eigenvalue weighted by atomic mass is 10.1. The highest BCUT2D eigenvalue weighted by atomic mass is 127. The minimum absolute atomic E-state index is 0. The molecule has 0 atom stereocenters. The molecule has 0 aliphatic rings. The molecular weight excluding hydrogens is 374 g/mol. The number of hydrogen-bond acceptors (Lipinski definition) is 3. The zero-order valence-corrected chi connectivity index (χ0v) is 13.8. The van der Waals surface area contributed by atoms with Crippen molar-refractivity contribution >= 4 is 29.9 Å². The van der Waals surface area contributed by atoms with Gasteiger partial charge >= 0.3 is 0 Å². The van der Waals surface area contributed by atoms with Crippen LogP contribution in [0.2, 0.25) is 0 Å². The van der Waals surface area contributed by atoms with Crippen molar-refractivity contribution in [3.05, 3.63) is 35.1 Å². The molecule has 0 aliphatic heterocycles. The fourth-order valence-corrected chi connectivity index (χ4v) is 1.45. The van der Waals surface area contributed by atoms with E-state index < -0.39 is 0 Å². The van der Waals surface area contributed by atoms with Crippen molar-refractivity contribution in [1.82, 2.24) is 10.6 Å². The Morgan fingerprint density at radius 3 is 2.80 bits per heavy atom. The van der Waals surface area contributed by atoms with E-state index in [1.54, 1.807) is 14.2 Å². The summed E-state index contributed by atoms with van der Waals surface area (Å²) in [5.41, 5.74) is 0.856. The van der Waals surface area contributed by atoms with Crippen LogP contribution in [0.3, 0.4) is 0 Å². The fourth-order valence-electron chi connectivity index (χ4n) is 1.45. The lowest BCUT2D eigenvalue weighted by Gasteiger charge is -2.12. The Morgan fingerprint density at radius 1 is 1.45 bits per heavy atom. The minimum Gasteiger partial charge on any atom is -0.383 e. The maximum absolute atomic E-state index is 13.5. The normalized spacial score (nSPS) is 10.4. The van der Waals surface area contributed by atoms with Gasteiger partial charge in [-0.05, 0) is 18.2 Å². The monoisotopic (exact) mass is 392 g/mol. The smallest absolute Gasteiger partial charge is 0.191 e. The first-order valence-electron chi connectivity index (χ1n) is 5.83. The molecule has 0 amide bonds. The van der Waals surface area contributed by atoms with Gasteiger partial charge in [0.25, 0.3) is 0 Å². The molecule has 0 fully saturated rings. The van der Waals surface area contributed by atoms with E-state index in [0.29, 0.717) is 30.2 Å². The second kappa shape index (κ2) is 10.4. The summed E-state index contributed by atoms with van der Waals surface area (Å²) in [6.45, 7) is 1.42. The van der Waals surface area contributed by atoms with Gasteiger partial charge in [-0.1, -0.05) is 0 Å². The number of nitriles is 1. The van der Waals surface area contributed by atoms with E-state index in [1.165, 1.54) is 18.2 Å². The number of guanidine groups is 1. The number of rotatable bonds is 5. The van der Waals surface area contributed by atoms with E-state index >= 15 is 0 Å². The Balaban J connectivity index is 0.00000361. The number of aliphatic imine (C=N–C) groups is 1. The third-order valence-corrected chi connectivity index (χ3v) is 2.44. The van der Waals surface area contributed by atoms with Gasteiger partial charge < -0.3 is 15.4 Å². The highest BCUT2D eigenvalue weighted by molar-refractivity contribution is 14.0. The average molecular weight is 392 g/mol. The number of benzene rings is 1. The third-order valence-electron chi connectivity index (χ3n) is 2.44. The predicted molar refractivity (Wildman–Crippen MR) is 86.6 cm³/mol. The second-order valence-corrected chi connectivity index (χ2v) is 3.76. The standard InChI is InChI=1S/C13H17FN4O.HI/c1-16-13(17-5-6-19-2)18-9-11-7-10(8-15)3-4-12(11)14;/h3-4,7H,5-6,9H2,1-2H3,(H2,16,17,18);1H. The summed E-state index contributed by atoms with van der Waals surface area (Å²) in [5, 5.41) is 14.8. The first kappa shape index (κ1) is 18.6. The highest BCUT2D eigenvalue weighted by Gasteiger charge is 2.04. The lowest BCUT2D eigenvalue weighted by molar-refractivity contribution is 0.203. The van der Waals surface area contributed by atoms with Crippen LogP contribution in [-0.4, -0.2) is 33.3 Å². The van der Waals surface area contributed by atoms with Gasteiger partial charge in [-0.2, -0.15) is 5.26 Å². The average Bonchev–Trinajstić information content (AvgIpc) is 2.44. The van der Waals surface area contributed by atoms with Crippen LogP contribution >= 0.6 is 24.0 Å². The zero-order valence-electron chi connectivity index (χ0n) is 11.4. The van der Waals surface area contributed by atoms with Crippen LogP contribution in [0.15, 0.2) is 23.2 Å². The molecule has 0 saturated heterocycles. The molecule has 0 heterocycles. The van der Waals surface area contributed by atoms with Gasteiger partial charge in [0.05, 0.1) is 18.2 Å². The molecule has 1 rings (SSSR count). The summed E-state index contributed by atoms with van der Waals surface area (Å²) in [7, 11) is 3.24. The molecular formula is C13H18FIN4O. The predicted octanol–water partition coefficient (Wildman–Crippen LogP) is 1.63. The Labute approximate surface area is 135 Å². The van der Waals surface area contributed by atoms with Gasteiger partial charge in [0, 0.05) is 32.8 Å². The summed E-state index contributed by atoms with van der Waals surface area (Å²) in [5.74, 6) is 0.206. The molecule has 2 N–H and O–H groups in total. The van der Waals surface area contributed by atoms with Crippen LogP contribution in [0.25, 0.3) is 0 Å². The summed E-state index contributed by atoms with van der Waals surface area (Å²) in [6, 6.07) is 6.24. The first-order valence-corrected chi connectivity index (χ1v) is 5.83. The molecule has 0 aromatic heterocycles. The van der Waals surface area contributed by atoms with E-state index in [9.17, 15) is 4.39 Å². The topological polar surface area (TPSA) is 69.4 Å². The number of halogens is 2. The van der Waals surface area contributed by atoms with Crippen LogP contribution in [0, 0.1) is 17.1 Å². The van der Waals surface area contributed by atoms with Gasteiger partial charge in [-0.15, -0.1) is 24.0 Å². The van der Waals surface area contributed by atoms with Crippen LogP contribution in [0.1, 0.15) is 11.1 Å². The summed E-state index contributed by atoms with van der Waals surface area (Å²) < 4.78 is 18.4. The van der Waals surface area contributed by atoms with Crippen molar-refractivity contribution in [2.75, 3.05) is 27.3 Å². The van der Waals surface area contributed by atoms with Gasteiger partial charge in [-0.3, -0.25) is 4.99 Å². The summed E-state index contributed by atoms with van der Waals surface area (Å²) >= 11 is 0. The molecule has 0 radical (unpaired) electrons. The number of nitrogens with zero attached hydrogens (tertiary/aromatic N) is 2. The van der Waals surface area contributed by atoms with Gasteiger partial charge in [-0.25, -0.2) is 4.39 Å². The number of hydrogen-bond donors (Lipinski definition) is 2. The van der Waals surface area contributed by atoms with E-state index in [-0.39, 0.29) is 36.3 Å². The van der Waals surface area contributed by atoms with Crippen molar-refractivity contribution in [3.63, 3.8) is 0 Å². The van der Waals surface area contributed by atoms with E-state index in [4.69, 9.17) is 10.00 Å². The molecule has 5 nitrogen and oxygen atoms in total. The van der Waals surface area contributed by atoms with Crippen LogP contribution in [0.5, 0.6) is 0 Å². The number of nitrogens with one attached hydrogen (secondary N) is 2. The van der Waals surface area contributed by atoms with Gasteiger partial charge in [0.15, 0.2) is 5.96 Å². The van der Waals surface area contributed by atoms with E-state index in [0.717, 1.165) is 0 Å². The van der Waals surface area contributed by atoms with Crippen LogP contribution < -0.4 is 10.6 Å². The molecule has 7 heteroatoms. The molecule has 20 heavy (non-hydrogen) atoms. The molecule has 0 spiro atoms. The van der Waals surface area contributed by atoms with Crippen molar-refractivity contribution in [1.29, 1.82) is 5.26 Å². The molecule has 1 aromatic carbocycles. The highest BCUT2D eigenvalue weighted by Crippen LogP contribution is 2.09. The Morgan fingerprint density at radius 2 is 2.20 bits per heavy atom. The SMILES string of the molecule is CN=C(NCCOC)NCc1cc(C#N)ccc1F.I. The molecule has 0 unspecified atom stereocenters.